The zero-order valence-corrected chi connectivity index (χ0v) is 17.2. The highest BCUT2D eigenvalue weighted by Gasteiger charge is 2.09. The molecule has 0 aliphatic heterocycles. The van der Waals surface area contributed by atoms with Crippen LogP contribution in [0.2, 0.25) is 0 Å². The van der Waals surface area contributed by atoms with E-state index in [9.17, 15) is 13.2 Å². The number of benzene rings is 2. The molecule has 0 bridgehead atoms. The Balaban J connectivity index is 1.57. The first-order chi connectivity index (χ1) is 13.7. The maximum Gasteiger partial charge on any atom is 0.238 e. The first-order valence-corrected chi connectivity index (χ1v) is 10.7. The molecule has 0 saturated heterocycles. The Bertz CT molecular complexity index is 1120. The molecule has 1 amide bonds. The van der Waals surface area contributed by atoms with Gasteiger partial charge >= 0.3 is 0 Å². The first-order valence-electron chi connectivity index (χ1n) is 9.18. The van der Waals surface area contributed by atoms with E-state index in [0.29, 0.717) is 18.7 Å². The van der Waals surface area contributed by atoms with Gasteiger partial charge in [-0.05, 0) is 48.7 Å². The molecule has 29 heavy (non-hydrogen) atoms. The molecule has 2 aromatic carbocycles. The number of nitrogens with two attached hydrogens (primary N) is 1. The van der Waals surface area contributed by atoms with Gasteiger partial charge < -0.3 is 5.32 Å². The maximum atomic E-state index is 12.2. The molecule has 0 radical (unpaired) electrons. The molecule has 0 saturated carbocycles. The molecule has 0 unspecified atom stereocenters. The van der Waals surface area contributed by atoms with E-state index in [4.69, 9.17) is 5.14 Å². The lowest BCUT2D eigenvalue weighted by Crippen LogP contribution is -2.24. The van der Waals surface area contributed by atoms with Crippen molar-refractivity contribution in [1.82, 2.24) is 15.1 Å². The van der Waals surface area contributed by atoms with Crippen LogP contribution in [0, 0.1) is 13.8 Å². The van der Waals surface area contributed by atoms with E-state index >= 15 is 0 Å². The Kier molecular flexibility index (Phi) is 6.14. The van der Waals surface area contributed by atoms with Crippen molar-refractivity contribution >= 4 is 15.9 Å². The SMILES string of the molecule is Cc1cc(C)n(Cc2cccc(CNC(=O)Cc3ccc(S(N)(=O)=O)cc3)c2)n1. The van der Waals surface area contributed by atoms with Gasteiger partial charge in [-0.15, -0.1) is 0 Å². The zero-order valence-electron chi connectivity index (χ0n) is 16.4. The summed E-state index contributed by atoms with van der Waals surface area (Å²) in [6, 6.07) is 16.1. The van der Waals surface area contributed by atoms with Crippen LogP contribution in [0.15, 0.2) is 59.5 Å². The van der Waals surface area contributed by atoms with E-state index in [0.717, 1.165) is 22.5 Å². The molecule has 7 nitrogen and oxygen atoms in total. The monoisotopic (exact) mass is 412 g/mol. The van der Waals surface area contributed by atoms with Crippen molar-refractivity contribution in [2.75, 3.05) is 0 Å². The summed E-state index contributed by atoms with van der Waals surface area (Å²) in [6.07, 6.45) is 0.163. The van der Waals surface area contributed by atoms with Gasteiger partial charge in [-0.3, -0.25) is 9.48 Å². The second kappa shape index (κ2) is 8.59. The number of rotatable bonds is 7. The predicted octanol–water partition coefficient (Wildman–Crippen LogP) is 2.05. The van der Waals surface area contributed by atoms with Gasteiger partial charge in [0.2, 0.25) is 15.9 Å². The fraction of sp³-hybridized carbons (Fsp3) is 0.238. The fourth-order valence-corrected chi connectivity index (χ4v) is 3.61. The molecule has 0 spiro atoms. The van der Waals surface area contributed by atoms with Crippen molar-refractivity contribution in [3.63, 3.8) is 0 Å². The average Bonchev–Trinajstić information content (AvgIpc) is 2.97. The minimum atomic E-state index is -3.73. The lowest BCUT2D eigenvalue weighted by Gasteiger charge is -2.09. The van der Waals surface area contributed by atoms with Crippen LogP contribution < -0.4 is 10.5 Å². The Labute approximate surface area is 170 Å². The van der Waals surface area contributed by atoms with Crippen LogP contribution in [0.3, 0.4) is 0 Å². The zero-order chi connectivity index (χ0) is 21.0. The van der Waals surface area contributed by atoms with E-state index in [2.05, 4.69) is 16.5 Å². The molecule has 152 valence electrons. The number of carbonyl (C=O) groups is 1. The number of carbonyl (C=O) groups excluding carboxylic acids is 1. The molecule has 8 heteroatoms. The summed E-state index contributed by atoms with van der Waals surface area (Å²) in [6.45, 7) is 5.09. The quantitative estimate of drug-likeness (QED) is 0.619. The fourth-order valence-electron chi connectivity index (χ4n) is 3.09. The standard InChI is InChI=1S/C21H24N4O3S/c1-15-10-16(2)25(24-15)14-19-5-3-4-18(11-19)13-23-21(26)12-17-6-8-20(9-7-17)29(22,27)28/h3-11H,12-14H2,1-2H3,(H,23,26)(H2,22,27,28). The summed E-state index contributed by atoms with van der Waals surface area (Å²) in [5.74, 6) is -0.141. The number of nitrogens with one attached hydrogen (secondary N) is 1. The second-order valence-corrected chi connectivity index (χ2v) is 8.61. The smallest absolute Gasteiger partial charge is 0.238 e. The number of nitrogens with zero attached hydrogens (tertiary/aromatic N) is 2. The molecule has 3 aromatic rings. The van der Waals surface area contributed by atoms with Crippen molar-refractivity contribution in [2.24, 2.45) is 5.14 Å². The summed E-state index contributed by atoms with van der Waals surface area (Å²) in [7, 11) is -3.73. The minimum absolute atomic E-state index is 0.0288. The third kappa shape index (κ3) is 5.75. The van der Waals surface area contributed by atoms with E-state index < -0.39 is 10.0 Å². The van der Waals surface area contributed by atoms with Gasteiger partial charge in [0, 0.05) is 12.2 Å². The van der Waals surface area contributed by atoms with Crippen LogP contribution >= 0.6 is 0 Å². The number of aromatic nitrogens is 2. The lowest BCUT2D eigenvalue weighted by atomic mass is 10.1. The van der Waals surface area contributed by atoms with Crippen LogP contribution in [0.5, 0.6) is 0 Å². The molecule has 0 atom stereocenters. The van der Waals surface area contributed by atoms with E-state index in [1.54, 1.807) is 12.1 Å². The normalized spacial score (nSPS) is 11.4. The van der Waals surface area contributed by atoms with Crippen molar-refractivity contribution < 1.29 is 13.2 Å². The van der Waals surface area contributed by atoms with Crippen molar-refractivity contribution in [1.29, 1.82) is 0 Å². The Morgan fingerprint density at radius 2 is 1.72 bits per heavy atom. The largest absolute Gasteiger partial charge is 0.352 e. The summed E-state index contributed by atoms with van der Waals surface area (Å²) in [5, 5.41) is 12.5. The molecule has 0 aliphatic carbocycles. The average molecular weight is 413 g/mol. The first kappa shape index (κ1) is 20.8. The van der Waals surface area contributed by atoms with Gasteiger partial charge in [0.05, 0.1) is 23.6 Å². The van der Waals surface area contributed by atoms with Gasteiger partial charge in [0.25, 0.3) is 0 Å². The van der Waals surface area contributed by atoms with Gasteiger partial charge in [0.15, 0.2) is 0 Å². The highest BCUT2D eigenvalue weighted by molar-refractivity contribution is 7.89. The topological polar surface area (TPSA) is 107 Å². The number of sulfonamides is 1. The van der Waals surface area contributed by atoms with Crippen LogP contribution in [0.1, 0.15) is 28.1 Å². The Morgan fingerprint density at radius 1 is 1.03 bits per heavy atom. The van der Waals surface area contributed by atoms with Crippen molar-refractivity contribution in [3.8, 4) is 0 Å². The molecule has 3 rings (SSSR count). The van der Waals surface area contributed by atoms with E-state index in [-0.39, 0.29) is 17.2 Å². The summed E-state index contributed by atoms with van der Waals surface area (Å²) >= 11 is 0. The molecule has 3 N–H and O–H groups in total. The number of hydrogen-bond acceptors (Lipinski definition) is 4. The van der Waals surface area contributed by atoms with Crippen LogP contribution in [0.25, 0.3) is 0 Å². The van der Waals surface area contributed by atoms with Gasteiger partial charge in [-0.1, -0.05) is 36.4 Å². The van der Waals surface area contributed by atoms with Gasteiger partial charge in [-0.2, -0.15) is 5.10 Å². The third-order valence-electron chi connectivity index (χ3n) is 4.53. The van der Waals surface area contributed by atoms with Gasteiger partial charge in [-0.25, -0.2) is 13.6 Å². The molecule has 1 heterocycles. The molecule has 0 fully saturated rings. The van der Waals surface area contributed by atoms with E-state index in [1.165, 1.54) is 12.1 Å². The van der Waals surface area contributed by atoms with Crippen LogP contribution in [-0.4, -0.2) is 24.1 Å². The lowest BCUT2D eigenvalue weighted by molar-refractivity contribution is -0.120. The van der Waals surface area contributed by atoms with Crippen LogP contribution in [0.4, 0.5) is 0 Å². The molecular formula is C21H24N4O3S. The minimum Gasteiger partial charge on any atom is -0.352 e. The highest BCUT2D eigenvalue weighted by atomic mass is 32.2. The summed E-state index contributed by atoms with van der Waals surface area (Å²) < 4.78 is 24.5. The number of amides is 1. The predicted molar refractivity (Wildman–Crippen MR) is 111 cm³/mol. The molecular weight excluding hydrogens is 388 g/mol. The number of primary sulfonamides is 1. The maximum absolute atomic E-state index is 12.2. The third-order valence-corrected chi connectivity index (χ3v) is 5.46. The van der Waals surface area contributed by atoms with Crippen molar-refractivity contribution in [3.05, 3.63) is 82.7 Å². The molecule has 1 aromatic heterocycles. The van der Waals surface area contributed by atoms with Crippen molar-refractivity contribution in [2.45, 2.75) is 38.3 Å². The molecule has 0 aliphatic rings. The van der Waals surface area contributed by atoms with Gasteiger partial charge in [0.1, 0.15) is 0 Å². The Hall–Kier alpha value is -2.97. The number of aryl methyl sites for hydroxylation is 2. The van der Waals surface area contributed by atoms with E-state index in [1.807, 2.05) is 42.8 Å². The Morgan fingerprint density at radius 3 is 2.34 bits per heavy atom. The summed E-state index contributed by atoms with van der Waals surface area (Å²) in [4.78, 5) is 12.3. The summed E-state index contributed by atoms with van der Waals surface area (Å²) in [5.41, 5.74) is 4.93. The second-order valence-electron chi connectivity index (χ2n) is 7.05. The van der Waals surface area contributed by atoms with Crippen LogP contribution in [-0.2, 0) is 34.3 Å². The number of hydrogen-bond donors (Lipinski definition) is 2. The highest BCUT2D eigenvalue weighted by Crippen LogP contribution is 2.11.